The van der Waals surface area contributed by atoms with Crippen LogP contribution in [0.5, 0.6) is 0 Å². The first-order valence-corrected chi connectivity index (χ1v) is 13.2. The number of carbonyl (C=O) groups excluding carboxylic acids is 3. The fourth-order valence-corrected chi connectivity index (χ4v) is 5.81. The summed E-state index contributed by atoms with van der Waals surface area (Å²) in [5, 5.41) is 3.49. The maximum absolute atomic E-state index is 13.4. The van der Waals surface area contributed by atoms with Gasteiger partial charge in [-0.15, -0.1) is 0 Å². The third-order valence-corrected chi connectivity index (χ3v) is 7.93. The van der Waals surface area contributed by atoms with E-state index in [-0.39, 0.29) is 29.1 Å². The Labute approximate surface area is 219 Å². The van der Waals surface area contributed by atoms with Gasteiger partial charge in [-0.3, -0.25) is 14.4 Å². The van der Waals surface area contributed by atoms with Crippen molar-refractivity contribution in [3.8, 4) is 5.69 Å². The Hall–Kier alpha value is -3.13. The number of benzene rings is 1. The van der Waals surface area contributed by atoms with Gasteiger partial charge in [0.25, 0.3) is 5.91 Å². The predicted molar refractivity (Wildman–Crippen MR) is 146 cm³/mol. The SMILES string of the molecule is Cc1c2c(n3c1CCN(C(=O)C(C)(C)N)C[C@@H](C)[C@H](C)Nc1cc-3ccc1C(N)=O)CC(C)(C)CC2=O. The first-order valence-electron chi connectivity index (χ1n) is 13.2. The number of amides is 2. The minimum absolute atomic E-state index is 0.0516. The average molecular weight is 508 g/mol. The Morgan fingerprint density at radius 3 is 2.43 bits per heavy atom. The molecule has 200 valence electrons. The molecule has 0 radical (unpaired) electrons. The summed E-state index contributed by atoms with van der Waals surface area (Å²) in [6.45, 7) is 14.8. The van der Waals surface area contributed by atoms with Crippen molar-refractivity contribution in [2.24, 2.45) is 22.8 Å². The average Bonchev–Trinajstić information content (AvgIpc) is 3.04. The summed E-state index contributed by atoms with van der Waals surface area (Å²) in [6.07, 6.45) is 1.83. The van der Waals surface area contributed by atoms with Crippen LogP contribution in [-0.4, -0.2) is 51.7 Å². The lowest BCUT2D eigenvalue weighted by atomic mass is 9.75. The number of carbonyl (C=O) groups is 3. The van der Waals surface area contributed by atoms with Crippen molar-refractivity contribution in [2.45, 2.75) is 79.3 Å². The molecule has 2 amide bonds. The lowest BCUT2D eigenvalue weighted by molar-refractivity contribution is -0.136. The molecular formula is C29H41N5O3. The third kappa shape index (κ3) is 5.04. The molecule has 8 nitrogen and oxygen atoms in total. The van der Waals surface area contributed by atoms with E-state index in [9.17, 15) is 14.4 Å². The zero-order chi connectivity index (χ0) is 27.4. The number of anilines is 1. The van der Waals surface area contributed by atoms with Crippen LogP contribution in [0.15, 0.2) is 18.2 Å². The second kappa shape index (κ2) is 9.31. The fraction of sp³-hybridized carbons (Fsp3) is 0.552. The van der Waals surface area contributed by atoms with Crippen LogP contribution in [0.1, 0.15) is 85.6 Å². The second-order valence-corrected chi connectivity index (χ2v) is 12.4. The lowest BCUT2D eigenvalue weighted by Crippen LogP contribution is -2.53. The van der Waals surface area contributed by atoms with E-state index >= 15 is 0 Å². The standard InChI is InChI=1S/C29H41N5O3/c1-16-15-33(27(37)29(6,7)31)11-10-22-17(2)25-23(13-28(4,5)14-24(25)35)34(22)19-8-9-20(26(30)36)21(12-19)32-18(16)3/h8-9,12,16,18,32H,10-11,13-15,31H2,1-7H3,(H2,30,36)/t16-,18+/m1/s1. The molecule has 2 heterocycles. The van der Waals surface area contributed by atoms with Crippen molar-refractivity contribution in [2.75, 3.05) is 18.4 Å². The summed E-state index contributed by atoms with van der Waals surface area (Å²) < 4.78 is 2.17. The summed E-state index contributed by atoms with van der Waals surface area (Å²) >= 11 is 0. The van der Waals surface area contributed by atoms with Gasteiger partial charge in [0.05, 0.1) is 11.1 Å². The minimum atomic E-state index is -1.01. The van der Waals surface area contributed by atoms with E-state index in [1.807, 2.05) is 30.9 Å². The summed E-state index contributed by atoms with van der Waals surface area (Å²) in [5.74, 6) is -0.403. The molecule has 2 bridgehead atoms. The Balaban J connectivity index is 1.96. The molecule has 2 aromatic rings. The quantitative estimate of drug-likeness (QED) is 0.573. The van der Waals surface area contributed by atoms with Gasteiger partial charge in [0.15, 0.2) is 5.78 Å². The number of nitrogens with zero attached hydrogens (tertiary/aromatic N) is 2. The molecular weight excluding hydrogens is 466 g/mol. The smallest absolute Gasteiger partial charge is 0.250 e. The molecule has 2 aliphatic rings. The van der Waals surface area contributed by atoms with Crippen LogP contribution < -0.4 is 16.8 Å². The summed E-state index contributed by atoms with van der Waals surface area (Å²) in [4.78, 5) is 40.9. The first-order chi connectivity index (χ1) is 17.1. The summed E-state index contributed by atoms with van der Waals surface area (Å²) in [7, 11) is 0. The number of fused-ring (bicyclic) bond motifs is 6. The minimum Gasteiger partial charge on any atom is -0.382 e. The molecule has 8 heteroatoms. The number of rotatable bonds is 2. The Morgan fingerprint density at radius 1 is 1.14 bits per heavy atom. The maximum atomic E-state index is 13.4. The number of primary amides is 1. The first kappa shape index (κ1) is 26.9. The van der Waals surface area contributed by atoms with Crippen LogP contribution in [0.25, 0.3) is 5.69 Å². The van der Waals surface area contributed by atoms with Crippen molar-refractivity contribution in [3.63, 3.8) is 0 Å². The van der Waals surface area contributed by atoms with Crippen LogP contribution in [0.4, 0.5) is 5.69 Å². The van der Waals surface area contributed by atoms with Gasteiger partial charge in [-0.05, 0) is 69.2 Å². The monoisotopic (exact) mass is 507 g/mol. The van der Waals surface area contributed by atoms with Crippen molar-refractivity contribution < 1.29 is 14.4 Å². The van der Waals surface area contributed by atoms with Gasteiger partial charge in [0, 0.05) is 60.3 Å². The highest BCUT2D eigenvalue weighted by Crippen LogP contribution is 2.40. The van der Waals surface area contributed by atoms with E-state index in [1.165, 1.54) is 0 Å². The van der Waals surface area contributed by atoms with Crippen LogP contribution in [0.2, 0.25) is 0 Å². The fourth-order valence-electron chi connectivity index (χ4n) is 5.81. The Morgan fingerprint density at radius 2 is 1.81 bits per heavy atom. The van der Waals surface area contributed by atoms with Crippen molar-refractivity contribution >= 4 is 23.3 Å². The summed E-state index contributed by atoms with van der Waals surface area (Å²) in [6, 6.07) is 5.57. The number of hydrogen-bond donors (Lipinski definition) is 3. The largest absolute Gasteiger partial charge is 0.382 e. The number of aromatic nitrogens is 1. The molecule has 37 heavy (non-hydrogen) atoms. The van der Waals surface area contributed by atoms with Gasteiger partial charge in [-0.2, -0.15) is 0 Å². The zero-order valence-corrected chi connectivity index (χ0v) is 23.2. The van der Waals surface area contributed by atoms with Crippen LogP contribution in [-0.2, 0) is 17.6 Å². The molecule has 1 aromatic carbocycles. The predicted octanol–water partition coefficient (Wildman–Crippen LogP) is 3.60. The highest BCUT2D eigenvalue weighted by atomic mass is 16.2. The van der Waals surface area contributed by atoms with E-state index in [2.05, 4.69) is 30.7 Å². The Bertz CT molecular complexity index is 1270. The van der Waals surface area contributed by atoms with Gasteiger partial charge in [-0.1, -0.05) is 20.8 Å². The normalized spacial score (nSPS) is 21.7. The Kier molecular flexibility index (Phi) is 6.78. The lowest BCUT2D eigenvalue weighted by Gasteiger charge is -2.34. The third-order valence-electron chi connectivity index (χ3n) is 7.93. The highest BCUT2D eigenvalue weighted by molar-refractivity contribution is 6.01. The van der Waals surface area contributed by atoms with E-state index in [0.717, 1.165) is 34.6 Å². The molecule has 0 unspecified atom stereocenters. The van der Waals surface area contributed by atoms with Crippen molar-refractivity contribution in [1.29, 1.82) is 0 Å². The molecule has 4 rings (SSSR count). The molecule has 5 N–H and O–H groups in total. The zero-order valence-electron chi connectivity index (χ0n) is 23.2. The molecule has 0 spiro atoms. The number of hydrogen-bond acceptors (Lipinski definition) is 5. The van der Waals surface area contributed by atoms with Gasteiger partial charge in [0.2, 0.25) is 5.91 Å². The molecule has 0 saturated carbocycles. The number of Topliss-reactive ketones (excluding diaryl/α,β-unsaturated/α-hetero) is 1. The van der Waals surface area contributed by atoms with Crippen LogP contribution in [0, 0.1) is 18.3 Å². The number of nitrogens with one attached hydrogen (secondary N) is 1. The van der Waals surface area contributed by atoms with E-state index in [4.69, 9.17) is 11.5 Å². The van der Waals surface area contributed by atoms with Gasteiger partial charge >= 0.3 is 0 Å². The van der Waals surface area contributed by atoms with Crippen molar-refractivity contribution in [1.82, 2.24) is 9.47 Å². The van der Waals surface area contributed by atoms with Crippen molar-refractivity contribution in [3.05, 3.63) is 46.3 Å². The molecule has 0 saturated heterocycles. The van der Waals surface area contributed by atoms with E-state index in [1.54, 1.807) is 19.9 Å². The van der Waals surface area contributed by atoms with Gasteiger partial charge in [0.1, 0.15) is 0 Å². The topological polar surface area (TPSA) is 123 Å². The molecule has 1 aromatic heterocycles. The second-order valence-electron chi connectivity index (χ2n) is 12.4. The maximum Gasteiger partial charge on any atom is 0.250 e. The van der Waals surface area contributed by atoms with Crippen LogP contribution in [0.3, 0.4) is 0 Å². The van der Waals surface area contributed by atoms with E-state index < -0.39 is 11.4 Å². The van der Waals surface area contributed by atoms with Gasteiger partial charge < -0.3 is 26.3 Å². The number of ketones is 1. The summed E-state index contributed by atoms with van der Waals surface area (Å²) in [5.41, 5.74) is 16.5. The van der Waals surface area contributed by atoms with E-state index in [0.29, 0.717) is 37.2 Å². The molecule has 2 atom stereocenters. The molecule has 1 aliphatic heterocycles. The molecule has 1 aliphatic carbocycles. The number of nitrogens with two attached hydrogens (primary N) is 2. The highest BCUT2D eigenvalue weighted by Gasteiger charge is 2.37. The van der Waals surface area contributed by atoms with Crippen LogP contribution >= 0.6 is 0 Å². The van der Waals surface area contributed by atoms with Gasteiger partial charge in [-0.25, -0.2) is 0 Å². The molecule has 0 fully saturated rings.